The number of hydrogen-bond acceptors (Lipinski definition) is 10. The summed E-state index contributed by atoms with van der Waals surface area (Å²) >= 11 is 1.83. The fraction of sp³-hybridized carbons (Fsp3) is 0.0172. The second-order valence-corrected chi connectivity index (χ2v) is 34.5. The van der Waals surface area contributed by atoms with E-state index >= 15 is 0 Å². The van der Waals surface area contributed by atoms with Gasteiger partial charge in [0.05, 0.1) is 22.1 Å². The summed E-state index contributed by atoms with van der Waals surface area (Å²) in [4.78, 5) is 30.0. The fourth-order valence-corrected chi connectivity index (χ4v) is 21.5. The van der Waals surface area contributed by atoms with Crippen molar-refractivity contribution in [3.63, 3.8) is 0 Å². The van der Waals surface area contributed by atoms with Crippen LogP contribution in [0.2, 0.25) is 0 Å². The molecule has 12 heteroatoms. The van der Waals surface area contributed by atoms with Crippen molar-refractivity contribution in [2.75, 3.05) is 0 Å². The van der Waals surface area contributed by atoms with Crippen LogP contribution in [0, 0.1) is 0 Å². The van der Waals surface area contributed by atoms with E-state index in [2.05, 4.69) is 288 Å². The molecule has 2 aliphatic rings. The van der Waals surface area contributed by atoms with Gasteiger partial charge in [-0.3, -0.25) is 0 Å². The topological polar surface area (TPSA) is 127 Å². The molecule has 0 spiro atoms. The van der Waals surface area contributed by atoms with Crippen molar-refractivity contribution in [1.29, 1.82) is 0 Å². The van der Waals surface area contributed by atoms with Gasteiger partial charge in [0.2, 0.25) is 0 Å². The maximum Gasteiger partial charge on any atom is 0.164 e. The zero-order chi connectivity index (χ0) is 83.8. The molecule has 8 heterocycles. The number of fused-ring (bicyclic) bond motifs is 26. The molecule has 2 aliphatic carbocycles. The number of nitrogens with zero attached hydrogens (tertiary/aromatic N) is 8. The third kappa shape index (κ3) is 11.2. The maximum atomic E-state index is 6.69. The lowest BCUT2D eigenvalue weighted by atomic mass is 9.88. The molecule has 28 rings (SSSR count). The number of furan rings is 3. The highest BCUT2D eigenvalue weighted by atomic mass is 32.1. The van der Waals surface area contributed by atoms with E-state index in [-0.39, 0.29) is 11.8 Å². The Bertz CT molecular complexity index is 8480. The maximum absolute atomic E-state index is 6.69. The van der Waals surface area contributed by atoms with Crippen LogP contribution in [-0.4, -0.2) is 39.0 Å². The molecular formula is C116H68N8O3S. The molecule has 2 unspecified atom stereocenters. The smallest absolute Gasteiger partial charge is 0.164 e. The van der Waals surface area contributed by atoms with Gasteiger partial charge in [0.1, 0.15) is 22.3 Å². The summed E-state index contributed by atoms with van der Waals surface area (Å²) in [6.07, 6.45) is 0. The molecular weight excluding hydrogens is 1590 g/mol. The van der Waals surface area contributed by atoms with Gasteiger partial charge >= 0.3 is 0 Å². The molecule has 8 aromatic heterocycles. The van der Waals surface area contributed by atoms with Crippen molar-refractivity contribution in [3.8, 4) is 102 Å². The monoisotopic (exact) mass is 1650 g/mol. The van der Waals surface area contributed by atoms with Gasteiger partial charge in [-0.25, -0.2) is 29.9 Å². The zero-order valence-corrected chi connectivity index (χ0v) is 69.3. The molecule has 0 saturated heterocycles. The van der Waals surface area contributed by atoms with Crippen LogP contribution in [0.25, 0.3) is 232 Å². The van der Waals surface area contributed by atoms with Crippen LogP contribution in [-0.2, 0) is 0 Å². The molecule has 0 amide bonds. The van der Waals surface area contributed by atoms with Crippen LogP contribution in [0.1, 0.15) is 45.2 Å². The SMILES string of the molecule is c1ccc(-c2nc(-c3ccccc3)nc(-c3ccc4oc5ccc(C6c7ccccc7-c7cc(-n8c9ccccc9c9ccc%10c%11ccccc%11oc%10c98)ccc76)cc5c4c3)n2)cc1.c1ccc(-c2nc(-c3ccccc3)nc(-c3ccc4sc5ccc(C6c7ccccc7-c7cc(-n8c9ccccc9c9ccc%10c%11ccccc%11oc%10c98)ccc76)cc5c4c3)n2)cc1. The quantitative estimate of drug-likeness (QED) is 0.131. The highest BCUT2D eigenvalue weighted by Gasteiger charge is 2.35. The van der Waals surface area contributed by atoms with Crippen LogP contribution in [0.3, 0.4) is 0 Å². The minimum atomic E-state index is 0.0309. The Morgan fingerprint density at radius 2 is 0.547 bits per heavy atom. The van der Waals surface area contributed by atoms with E-state index in [4.69, 9.17) is 43.2 Å². The minimum Gasteiger partial charge on any atom is -0.456 e. The highest BCUT2D eigenvalue weighted by Crippen LogP contribution is 2.54. The normalized spacial score (nSPS) is 13.5. The Morgan fingerprint density at radius 1 is 0.211 bits per heavy atom. The lowest BCUT2D eigenvalue weighted by molar-refractivity contribution is 0.668. The van der Waals surface area contributed by atoms with Crippen molar-refractivity contribution >= 4 is 141 Å². The molecule has 0 fully saturated rings. The number of benzene rings is 18. The first-order chi connectivity index (χ1) is 63.4. The molecule has 0 N–H and O–H groups in total. The summed E-state index contributed by atoms with van der Waals surface area (Å²) in [5.41, 5.74) is 30.3. The van der Waals surface area contributed by atoms with Crippen LogP contribution in [0.4, 0.5) is 0 Å². The zero-order valence-electron chi connectivity index (χ0n) is 68.5. The second kappa shape index (κ2) is 28.4. The Kier molecular flexibility index (Phi) is 15.9. The van der Waals surface area contributed by atoms with Gasteiger partial charge in [-0.1, -0.05) is 279 Å². The Morgan fingerprint density at radius 3 is 1.02 bits per heavy atom. The molecule has 128 heavy (non-hydrogen) atoms. The van der Waals surface area contributed by atoms with Gasteiger partial charge in [-0.15, -0.1) is 11.3 Å². The first-order valence-electron chi connectivity index (χ1n) is 43.2. The standard InChI is InChI=1S/C58H34N4O2.C58H34N4OS/c1-3-13-34(14-4-1)56-59-57(35-15-5-2-6-16-35)61-58(60-56)37-24-30-52-48(32-37)47-31-36(23-29-51(47)63-52)53-42-20-8-7-17-39(42)46-33-38(25-26-43(46)53)62-49-21-11-9-18-40(49)44-27-28-45-41-19-10-12-22-50(41)64-55(45)54(44)62;1-3-13-34(14-4-1)56-59-57(35-15-5-2-6-16-35)61-58(60-56)37-24-30-52-48(32-37)47-31-36(23-29-51(47)64-52)53-42-20-8-7-17-39(42)46-33-38(25-26-43(46)53)62-49-21-11-9-18-40(49)44-27-28-45-41-19-10-12-22-50(41)63-55(45)54(44)62/h2*1-33,53H. The van der Waals surface area contributed by atoms with Gasteiger partial charge in [0, 0.05) is 131 Å². The van der Waals surface area contributed by atoms with Gasteiger partial charge in [0.25, 0.3) is 0 Å². The van der Waals surface area contributed by atoms with E-state index < -0.39 is 0 Å². The molecule has 0 aliphatic heterocycles. The average Bonchev–Trinajstić information content (AvgIpc) is 1.55. The summed E-state index contributed by atoms with van der Waals surface area (Å²) in [6.45, 7) is 0. The molecule has 2 atom stereocenters. The van der Waals surface area contributed by atoms with Gasteiger partial charge < -0.3 is 22.4 Å². The van der Waals surface area contributed by atoms with Gasteiger partial charge in [0.15, 0.2) is 46.1 Å². The summed E-state index contributed by atoms with van der Waals surface area (Å²) in [5.74, 6) is 3.95. The van der Waals surface area contributed by atoms with Gasteiger partial charge in [-0.2, -0.15) is 0 Å². The molecule has 0 radical (unpaired) electrons. The van der Waals surface area contributed by atoms with Crippen LogP contribution >= 0.6 is 11.3 Å². The lowest BCUT2D eigenvalue weighted by Crippen LogP contribution is -2.00. The number of para-hydroxylation sites is 4. The summed E-state index contributed by atoms with van der Waals surface area (Å²) in [5, 5.41) is 13.8. The third-order valence-electron chi connectivity index (χ3n) is 26.3. The van der Waals surface area contributed by atoms with Crippen molar-refractivity contribution in [2.45, 2.75) is 11.8 Å². The second-order valence-electron chi connectivity index (χ2n) is 33.4. The number of hydrogen-bond donors (Lipinski definition) is 0. The molecule has 18 aromatic carbocycles. The molecule has 26 aromatic rings. The number of aromatic nitrogens is 8. The van der Waals surface area contributed by atoms with Crippen LogP contribution in [0.5, 0.6) is 0 Å². The summed E-state index contributed by atoms with van der Waals surface area (Å²) in [6, 6.07) is 142. The lowest BCUT2D eigenvalue weighted by Gasteiger charge is -2.16. The van der Waals surface area contributed by atoms with Crippen LogP contribution in [0.15, 0.2) is 414 Å². The van der Waals surface area contributed by atoms with E-state index in [9.17, 15) is 0 Å². The summed E-state index contributed by atoms with van der Waals surface area (Å²) in [7, 11) is 0. The molecule has 596 valence electrons. The van der Waals surface area contributed by atoms with Crippen molar-refractivity contribution in [3.05, 3.63) is 434 Å². The van der Waals surface area contributed by atoms with Crippen molar-refractivity contribution in [2.24, 2.45) is 0 Å². The van der Waals surface area contributed by atoms with Crippen molar-refractivity contribution in [1.82, 2.24) is 39.0 Å². The summed E-state index contributed by atoms with van der Waals surface area (Å²) < 4.78 is 27.2. The van der Waals surface area contributed by atoms with E-state index in [0.29, 0.717) is 34.9 Å². The predicted octanol–water partition coefficient (Wildman–Crippen LogP) is 30.3. The first-order valence-corrected chi connectivity index (χ1v) is 44.1. The third-order valence-corrected chi connectivity index (χ3v) is 27.4. The highest BCUT2D eigenvalue weighted by molar-refractivity contribution is 7.25. The van der Waals surface area contributed by atoms with Crippen molar-refractivity contribution < 1.29 is 13.3 Å². The van der Waals surface area contributed by atoms with E-state index in [1.54, 1.807) is 0 Å². The predicted molar refractivity (Wildman–Crippen MR) is 521 cm³/mol. The first kappa shape index (κ1) is 71.7. The van der Waals surface area contributed by atoms with E-state index in [0.717, 1.165) is 133 Å². The fourth-order valence-electron chi connectivity index (χ4n) is 20.5. The number of rotatable bonds is 10. The Hall–Kier alpha value is -16.8. The van der Waals surface area contributed by atoms with E-state index in [1.807, 2.05) is 133 Å². The minimum absolute atomic E-state index is 0.0309. The molecule has 0 bridgehead atoms. The van der Waals surface area contributed by atoms with Gasteiger partial charge in [-0.05, 0) is 177 Å². The Labute approximate surface area is 735 Å². The molecule has 11 nitrogen and oxygen atoms in total. The van der Waals surface area contributed by atoms with Crippen LogP contribution < -0.4 is 0 Å². The number of thiophene rings is 1. The van der Waals surface area contributed by atoms with E-state index in [1.165, 1.54) is 97.4 Å². The Balaban J connectivity index is 0.000000132. The largest absolute Gasteiger partial charge is 0.456 e. The average molecular weight is 1650 g/mol. The molecule has 0 saturated carbocycles.